The number of carbonyl (C=O) groups excluding carboxylic acids is 3. The third-order valence-electron chi connectivity index (χ3n) is 4.12. The fourth-order valence-corrected chi connectivity index (χ4v) is 3.78. The number of rotatable bonds is 2. The second-order valence-corrected chi connectivity index (χ2v) is 8.17. The number of hydrogen-bond acceptors (Lipinski definition) is 7. The highest BCUT2D eigenvalue weighted by Gasteiger charge is 2.43. The van der Waals surface area contributed by atoms with Crippen LogP contribution in [0.25, 0.3) is 0 Å². The molecule has 2 aliphatic rings. The Bertz CT molecular complexity index is 728. The van der Waals surface area contributed by atoms with Crippen LogP contribution >= 0.6 is 11.3 Å². The van der Waals surface area contributed by atoms with E-state index in [2.05, 4.69) is 9.72 Å². The number of fused-ring (bicyclic) bond motifs is 1. The zero-order valence-corrected chi connectivity index (χ0v) is 16.0. The van der Waals surface area contributed by atoms with Crippen molar-refractivity contribution in [2.24, 2.45) is 0 Å². The van der Waals surface area contributed by atoms with Crippen LogP contribution in [0, 0.1) is 0 Å². The van der Waals surface area contributed by atoms with Gasteiger partial charge in [0.2, 0.25) is 0 Å². The number of ether oxygens (including phenoxy) is 2. The lowest BCUT2D eigenvalue weighted by molar-refractivity contribution is 0.0128. The van der Waals surface area contributed by atoms with Crippen molar-refractivity contribution in [3.63, 3.8) is 0 Å². The molecule has 0 saturated carbocycles. The van der Waals surface area contributed by atoms with Crippen LogP contribution in [0.2, 0.25) is 0 Å². The summed E-state index contributed by atoms with van der Waals surface area (Å²) < 4.78 is 10.1. The van der Waals surface area contributed by atoms with Crippen molar-refractivity contribution < 1.29 is 23.9 Å². The highest BCUT2D eigenvalue weighted by molar-refractivity contribution is 7.17. The van der Waals surface area contributed by atoms with E-state index in [4.69, 9.17) is 4.74 Å². The second-order valence-electron chi connectivity index (χ2n) is 7.17. The Morgan fingerprint density at radius 3 is 2.65 bits per heavy atom. The second kappa shape index (κ2) is 6.75. The molecule has 1 aromatic rings. The number of thiazole rings is 1. The van der Waals surface area contributed by atoms with Crippen molar-refractivity contribution in [1.82, 2.24) is 14.8 Å². The monoisotopic (exact) mass is 382 g/mol. The SMILES string of the molecule is COC(=O)c1cnc(N2CC3CN(C(=O)OC(C)(C)C)CCN3C2=O)s1. The Labute approximate surface area is 155 Å². The van der Waals surface area contributed by atoms with E-state index in [9.17, 15) is 14.4 Å². The van der Waals surface area contributed by atoms with E-state index < -0.39 is 11.6 Å². The van der Waals surface area contributed by atoms with Crippen LogP contribution in [-0.2, 0) is 9.47 Å². The summed E-state index contributed by atoms with van der Waals surface area (Å²) in [5, 5.41) is 0.452. The van der Waals surface area contributed by atoms with Crippen molar-refractivity contribution in [3.05, 3.63) is 11.1 Å². The van der Waals surface area contributed by atoms with E-state index in [1.54, 1.807) is 14.7 Å². The average molecular weight is 382 g/mol. The Hall–Kier alpha value is -2.36. The van der Waals surface area contributed by atoms with Gasteiger partial charge in [0, 0.05) is 19.6 Å². The number of hydrogen-bond donors (Lipinski definition) is 0. The molecular weight excluding hydrogens is 360 g/mol. The lowest BCUT2D eigenvalue weighted by Gasteiger charge is -2.36. The molecule has 2 fully saturated rings. The Kier molecular flexibility index (Phi) is 4.78. The van der Waals surface area contributed by atoms with Gasteiger partial charge in [-0.05, 0) is 20.8 Å². The maximum atomic E-state index is 12.7. The first kappa shape index (κ1) is 18.4. The molecule has 1 atom stereocenters. The molecule has 0 radical (unpaired) electrons. The number of piperazine rings is 1. The third kappa shape index (κ3) is 3.59. The fraction of sp³-hybridized carbons (Fsp3) is 0.625. The summed E-state index contributed by atoms with van der Waals surface area (Å²) in [6.07, 6.45) is 1.04. The molecule has 0 aliphatic carbocycles. The summed E-state index contributed by atoms with van der Waals surface area (Å²) >= 11 is 1.11. The lowest BCUT2D eigenvalue weighted by atomic mass is 10.2. The van der Waals surface area contributed by atoms with Crippen LogP contribution < -0.4 is 4.90 Å². The van der Waals surface area contributed by atoms with Crippen molar-refractivity contribution in [1.29, 1.82) is 0 Å². The van der Waals surface area contributed by atoms with Crippen molar-refractivity contribution in [3.8, 4) is 0 Å². The molecule has 0 spiro atoms. The number of methoxy groups -OCH3 is 1. The number of carbonyl (C=O) groups is 3. The zero-order chi connectivity index (χ0) is 19.1. The highest BCUT2D eigenvalue weighted by Crippen LogP contribution is 2.30. The quantitative estimate of drug-likeness (QED) is 0.724. The molecule has 1 aromatic heterocycles. The minimum Gasteiger partial charge on any atom is -0.465 e. The molecule has 0 N–H and O–H groups in total. The number of amides is 3. The van der Waals surface area contributed by atoms with Crippen LogP contribution in [0.4, 0.5) is 14.7 Å². The van der Waals surface area contributed by atoms with Crippen molar-refractivity contribution >= 4 is 34.6 Å². The number of nitrogens with zero attached hydrogens (tertiary/aromatic N) is 4. The van der Waals surface area contributed by atoms with Gasteiger partial charge in [-0.2, -0.15) is 0 Å². The van der Waals surface area contributed by atoms with Gasteiger partial charge in [0.25, 0.3) is 0 Å². The molecule has 1 unspecified atom stereocenters. The molecular formula is C16H22N4O5S. The summed E-state index contributed by atoms with van der Waals surface area (Å²) in [5.74, 6) is -0.478. The Morgan fingerprint density at radius 2 is 2.00 bits per heavy atom. The number of aromatic nitrogens is 1. The summed E-state index contributed by atoms with van der Waals surface area (Å²) in [5.41, 5.74) is -0.559. The standard InChI is InChI=1S/C16H22N4O5S/c1-16(2,3)25-15(23)18-5-6-19-10(8-18)9-20(14(19)22)13-17-7-11(26-13)12(21)24-4/h7,10H,5-6,8-9H2,1-4H3. The largest absolute Gasteiger partial charge is 0.465 e. The first-order valence-corrected chi connectivity index (χ1v) is 9.11. The number of urea groups is 1. The van der Waals surface area contributed by atoms with E-state index in [0.29, 0.717) is 36.2 Å². The molecule has 2 saturated heterocycles. The van der Waals surface area contributed by atoms with Crippen LogP contribution in [-0.4, -0.2) is 77.8 Å². The fourth-order valence-electron chi connectivity index (χ4n) is 2.94. The minimum absolute atomic E-state index is 0.130. The van der Waals surface area contributed by atoms with Gasteiger partial charge >= 0.3 is 18.1 Å². The van der Waals surface area contributed by atoms with Crippen molar-refractivity contribution in [2.45, 2.75) is 32.4 Å². The summed E-state index contributed by atoms with van der Waals surface area (Å²) in [6.45, 7) is 7.15. The van der Waals surface area contributed by atoms with Crippen molar-refractivity contribution in [2.75, 3.05) is 38.2 Å². The van der Waals surface area contributed by atoms with E-state index in [1.165, 1.54) is 13.3 Å². The molecule has 3 rings (SSSR count). The number of esters is 1. The smallest absolute Gasteiger partial charge is 0.410 e. The van der Waals surface area contributed by atoms with Gasteiger partial charge in [0.05, 0.1) is 25.9 Å². The van der Waals surface area contributed by atoms with E-state index in [0.717, 1.165) is 11.3 Å². The molecule has 142 valence electrons. The Balaban J connectivity index is 1.69. The van der Waals surface area contributed by atoms with E-state index >= 15 is 0 Å². The molecule has 3 amide bonds. The van der Waals surface area contributed by atoms with Gasteiger partial charge in [0.1, 0.15) is 10.5 Å². The topological polar surface area (TPSA) is 92.3 Å². The first-order chi connectivity index (χ1) is 12.2. The molecule has 3 heterocycles. The predicted molar refractivity (Wildman–Crippen MR) is 94.5 cm³/mol. The van der Waals surface area contributed by atoms with Gasteiger partial charge < -0.3 is 19.3 Å². The number of anilines is 1. The molecule has 0 bridgehead atoms. The molecule has 2 aliphatic heterocycles. The van der Waals surface area contributed by atoms with Crippen LogP contribution in [0.5, 0.6) is 0 Å². The predicted octanol–water partition coefficient (Wildman–Crippen LogP) is 1.79. The van der Waals surface area contributed by atoms with Crippen LogP contribution in [0.15, 0.2) is 6.20 Å². The lowest BCUT2D eigenvalue weighted by Crippen LogP contribution is -2.54. The van der Waals surface area contributed by atoms with Gasteiger partial charge in [-0.15, -0.1) is 0 Å². The summed E-state index contributed by atoms with van der Waals surface area (Å²) in [6, 6.07) is -0.293. The molecule has 26 heavy (non-hydrogen) atoms. The highest BCUT2D eigenvalue weighted by atomic mass is 32.1. The van der Waals surface area contributed by atoms with Gasteiger partial charge in [-0.1, -0.05) is 11.3 Å². The molecule has 0 aromatic carbocycles. The third-order valence-corrected chi connectivity index (χ3v) is 5.12. The van der Waals surface area contributed by atoms with Gasteiger partial charge in [0.15, 0.2) is 5.13 Å². The van der Waals surface area contributed by atoms with Gasteiger partial charge in [-0.25, -0.2) is 19.4 Å². The zero-order valence-electron chi connectivity index (χ0n) is 15.2. The Morgan fingerprint density at radius 1 is 1.27 bits per heavy atom. The molecule has 10 heteroatoms. The minimum atomic E-state index is -0.559. The van der Waals surface area contributed by atoms with E-state index in [-0.39, 0.29) is 18.2 Å². The maximum absolute atomic E-state index is 12.7. The normalized spacial score (nSPS) is 20.2. The molecule has 9 nitrogen and oxygen atoms in total. The summed E-state index contributed by atoms with van der Waals surface area (Å²) in [7, 11) is 1.30. The van der Waals surface area contributed by atoms with Crippen LogP contribution in [0.1, 0.15) is 30.4 Å². The first-order valence-electron chi connectivity index (χ1n) is 8.30. The average Bonchev–Trinajstić information content (AvgIpc) is 3.17. The maximum Gasteiger partial charge on any atom is 0.410 e. The van der Waals surface area contributed by atoms with Crippen LogP contribution in [0.3, 0.4) is 0 Å². The van der Waals surface area contributed by atoms with Gasteiger partial charge in [-0.3, -0.25) is 4.90 Å². The van der Waals surface area contributed by atoms with E-state index in [1.807, 2.05) is 20.8 Å². The summed E-state index contributed by atoms with van der Waals surface area (Å²) in [4.78, 5) is 45.9.